The van der Waals surface area contributed by atoms with E-state index in [0.29, 0.717) is 28.5 Å². The number of carbonyl (C=O) groups is 3. The lowest BCUT2D eigenvalue weighted by Crippen LogP contribution is -2.31. The summed E-state index contributed by atoms with van der Waals surface area (Å²) in [6.07, 6.45) is 1.01. The Kier molecular flexibility index (Phi) is 7.85. The third kappa shape index (κ3) is 6.32. The number of carboxylic acids is 1. The molecule has 0 saturated carbocycles. The number of nitrogens with zero attached hydrogens (tertiary/aromatic N) is 2. The third-order valence-corrected chi connectivity index (χ3v) is 5.36. The molecule has 1 heterocycles. The van der Waals surface area contributed by atoms with Crippen molar-refractivity contribution in [3.8, 4) is 11.5 Å². The number of hydrogen-bond acceptors (Lipinski definition) is 9. The van der Waals surface area contributed by atoms with Gasteiger partial charge in [-0.2, -0.15) is 5.10 Å². The zero-order chi connectivity index (χ0) is 23.1. The predicted molar refractivity (Wildman–Crippen MR) is 118 cm³/mol. The van der Waals surface area contributed by atoms with E-state index in [9.17, 15) is 19.5 Å². The van der Waals surface area contributed by atoms with Gasteiger partial charge >= 0.3 is 5.97 Å². The molecule has 1 atom stereocenters. The van der Waals surface area contributed by atoms with E-state index in [1.165, 1.54) is 6.21 Å². The van der Waals surface area contributed by atoms with E-state index >= 15 is 0 Å². The van der Waals surface area contributed by atoms with Crippen LogP contribution in [0.15, 0.2) is 52.7 Å². The summed E-state index contributed by atoms with van der Waals surface area (Å²) in [4.78, 5) is 34.7. The Balaban J connectivity index is 1.70. The number of halogens is 1. The molecule has 32 heavy (non-hydrogen) atoms. The molecule has 0 radical (unpaired) electrons. The number of nitrogens with one attached hydrogen (secondary N) is 1. The number of hydrogen-bond donors (Lipinski definition) is 1. The minimum absolute atomic E-state index is 0.191. The summed E-state index contributed by atoms with van der Waals surface area (Å²) >= 11 is 6.80. The topological polar surface area (TPSA) is 129 Å². The highest BCUT2D eigenvalue weighted by molar-refractivity contribution is 8.15. The molecule has 2 aromatic carbocycles. The van der Waals surface area contributed by atoms with Crippen molar-refractivity contribution in [3.05, 3.63) is 58.6 Å². The van der Waals surface area contributed by atoms with Crippen molar-refractivity contribution in [2.45, 2.75) is 18.6 Å². The zero-order valence-electron chi connectivity index (χ0n) is 16.7. The second-order valence-electron chi connectivity index (χ2n) is 6.36. The summed E-state index contributed by atoms with van der Waals surface area (Å²) in [5.74, 6) is -1.76. The first-order chi connectivity index (χ1) is 15.4. The van der Waals surface area contributed by atoms with Crippen LogP contribution < -0.4 is 19.9 Å². The fraction of sp³-hybridized carbons (Fsp3) is 0.190. The molecule has 2 aromatic rings. The van der Waals surface area contributed by atoms with Crippen LogP contribution in [0.2, 0.25) is 5.02 Å². The van der Waals surface area contributed by atoms with E-state index in [-0.39, 0.29) is 10.9 Å². The number of carbonyl (C=O) groups excluding carboxylic acids is 3. The number of aliphatic carboxylic acids is 1. The average Bonchev–Trinajstić information content (AvgIpc) is 3.09. The van der Waals surface area contributed by atoms with Crippen LogP contribution in [0.25, 0.3) is 0 Å². The smallest absolute Gasteiger partial charge is 0.343 e. The Morgan fingerprint density at radius 3 is 2.66 bits per heavy atom. The van der Waals surface area contributed by atoms with E-state index in [1.54, 1.807) is 49.4 Å². The van der Waals surface area contributed by atoms with Crippen LogP contribution >= 0.6 is 23.4 Å². The number of rotatable bonds is 8. The molecule has 11 heteroatoms. The van der Waals surface area contributed by atoms with E-state index in [4.69, 9.17) is 21.1 Å². The lowest BCUT2D eigenvalue weighted by Gasteiger charge is -2.11. The van der Waals surface area contributed by atoms with Crippen LogP contribution in [0.5, 0.6) is 11.5 Å². The van der Waals surface area contributed by atoms with E-state index in [1.807, 2.05) is 0 Å². The van der Waals surface area contributed by atoms with E-state index in [2.05, 4.69) is 15.5 Å². The summed E-state index contributed by atoms with van der Waals surface area (Å²) < 4.78 is 11.0. The molecule has 166 valence electrons. The number of benzene rings is 2. The molecule has 1 N–H and O–H groups in total. The van der Waals surface area contributed by atoms with Gasteiger partial charge in [0, 0.05) is 17.4 Å². The van der Waals surface area contributed by atoms with E-state index in [0.717, 1.165) is 11.8 Å². The number of amides is 1. The third-order valence-electron chi connectivity index (χ3n) is 4.03. The number of ether oxygens (including phenoxy) is 2. The average molecular weight is 475 g/mol. The lowest BCUT2D eigenvalue weighted by atomic mass is 10.2. The molecular formula is C21H17ClN3O6S-. The quantitative estimate of drug-likeness (QED) is 0.268. The van der Waals surface area contributed by atoms with Crippen LogP contribution in [0.3, 0.4) is 0 Å². The van der Waals surface area contributed by atoms with Crippen molar-refractivity contribution in [3.63, 3.8) is 0 Å². The normalized spacial score (nSPS) is 16.9. The van der Waals surface area contributed by atoms with Gasteiger partial charge in [0.2, 0.25) is 5.91 Å². The molecule has 3 rings (SSSR count). The molecule has 0 spiro atoms. The Bertz CT molecular complexity index is 1090. The molecule has 1 fully saturated rings. The van der Waals surface area contributed by atoms with Crippen molar-refractivity contribution < 1.29 is 29.0 Å². The molecule has 1 amide bonds. The highest BCUT2D eigenvalue weighted by Gasteiger charge is 2.30. The van der Waals surface area contributed by atoms with Gasteiger partial charge in [-0.15, -0.1) is 5.10 Å². The number of thioether (sulfide) groups is 1. The molecular weight excluding hydrogens is 458 g/mol. The number of esters is 1. The second kappa shape index (κ2) is 10.8. The lowest BCUT2D eigenvalue weighted by molar-refractivity contribution is -0.305. The van der Waals surface area contributed by atoms with Crippen LogP contribution in [0.4, 0.5) is 0 Å². The van der Waals surface area contributed by atoms with Crippen molar-refractivity contribution in [1.29, 1.82) is 0 Å². The maximum absolute atomic E-state index is 12.4. The maximum Gasteiger partial charge on any atom is 0.343 e. The minimum Gasteiger partial charge on any atom is -0.550 e. The van der Waals surface area contributed by atoms with Gasteiger partial charge in [0.25, 0.3) is 0 Å². The second-order valence-corrected chi connectivity index (χ2v) is 7.99. The van der Waals surface area contributed by atoms with Crippen molar-refractivity contribution in [1.82, 2.24) is 5.32 Å². The summed E-state index contributed by atoms with van der Waals surface area (Å²) in [7, 11) is 0. The highest BCUT2D eigenvalue weighted by Crippen LogP contribution is 2.29. The van der Waals surface area contributed by atoms with Crippen LogP contribution in [-0.2, 0) is 9.59 Å². The fourth-order valence-electron chi connectivity index (χ4n) is 2.59. The van der Waals surface area contributed by atoms with Gasteiger partial charge in [0.15, 0.2) is 16.7 Å². The summed E-state index contributed by atoms with van der Waals surface area (Å²) in [6, 6.07) is 11.1. The Hall–Kier alpha value is -3.37. The van der Waals surface area contributed by atoms with Crippen molar-refractivity contribution >= 4 is 52.6 Å². The molecule has 0 aromatic heterocycles. The molecule has 0 unspecified atom stereocenters. The van der Waals surface area contributed by atoms with Gasteiger partial charge in [-0.25, -0.2) is 4.79 Å². The molecule has 1 aliphatic rings. The Labute approximate surface area is 192 Å². The standard InChI is InChI=1S/C21H18ClN3O6S/c1-2-30-16-9-12(11-23-25-21-24-19(28)17(32-21)10-18(26)27)3-8-15(16)31-20(29)13-4-6-14(22)7-5-13/h3-9,11,17H,2,10H2,1H3,(H,26,27)(H,24,25,28)/p-1/b23-11-/t17-/m0/s1. The van der Waals surface area contributed by atoms with Gasteiger partial charge < -0.3 is 24.7 Å². The van der Waals surface area contributed by atoms with E-state index < -0.39 is 29.5 Å². The Morgan fingerprint density at radius 2 is 1.97 bits per heavy atom. The molecule has 1 saturated heterocycles. The van der Waals surface area contributed by atoms with Crippen molar-refractivity contribution in [2.24, 2.45) is 10.2 Å². The summed E-state index contributed by atoms with van der Waals surface area (Å²) in [5, 5.41) is 20.8. The largest absolute Gasteiger partial charge is 0.550 e. The molecule has 0 aliphatic carbocycles. The monoisotopic (exact) mass is 474 g/mol. The van der Waals surface area contributed by atoms with Gasteiger partial charge in [-0.3, -0.25) is 4.79 Å². The first-order valence-corrected chi connectivity index (χ1v) is 10.6. The van der Waals surface area contributed by atoms with Gasteiger partial charge in [-0.05, 0) is 55.0 Å². The van der Waals surface area contributed by atoms with Gasteiger partial charge in [0.1, 0.15) is 0 Å². The van der Waals surface area contributed by atoms with Crippen LogP contribution in [0, 0.1) is 0 Å². The summed E-state index contributed by atoms with van der Waals surface area (Å²) in [5.41, 5.74) is 0.941. The predicted octanol–water partition coefficient (Wildman–Crippen LogP) is 2.02. The van der Waals surface area contributed by atoms with Crippen LogP contribution in [0.1, 0.15) is 29.3 Å². The van der Waals surface area contributed by atoms with Crippen molar-refractivity contribution in [2.75, 3.05) is 6.61 Å². The number of carboxylic acid groups (broad SMARTS) is 1. The zero-order valence-corrected chi connectivity index (χ0v) is 18.3. The molecule has 9 nitrogen and oxygen atoms in total. The minimum atomic E-state index is -1.32. The maximum atomic E-state index is 12.4. The van der Waals surface area contributed by atoms with Crippen LogP contribution in [-0.4, -0.2) is 41.1 Å². The Morgan fingerprint density at radius 1 is 1.22 bits per heavy atom. The first kappa shape index (κ1) is 23.3. The number of amidine groups is 1. The summed E-state index contributed by atoms with van der Waals surface area (Å²) in [6.45, 7) is 2.14. The SMILES string of the molecule is CCOc1cc(/C=N\N=C2/NC(=O)[C@H](CC(=O)[O-])S2)ccc1OC(=O)c1ccc(Cl)cc1. The fourth-order valence-corrected chi connectivity index (χ4v) is 3.62. The molecule has 0 bridgehead atoms. The molecule has 1 aliphatic heterocycles. The van der Waals surface area contributed by atoms with Gasteiger partial charge in [0.05, 0.1) is 23.6 Å². The highest BCUT2D eigenvalue weighted by atomic mass is 35.5. The first-order valence-electron chi connectivity index (χ1n) is 9.38. The van der Waals surface area contributed by atoms with Gasteiger partial charge in [-0.1, -0.05) is 23.4 Å².